The van der Waals surface area contributed by atoms with Crippen molar-refractivity contribution in [1.29, 1.82) is 0 Å². The van der Waals surface area contributed by atoms with Gasteiger partial charge in [-0.2, -0.15) is 4.31 Å². The molecular weight excluding hydrogens is 558 g/mol. The van der Waals surface area contributed by atoms with E-state index in [1.54, 1.807) is 23.7 Å². The Morgan fingerprint density at radius 2 is 1.73 bits per heavy atom. The molecule has 0 saturated heterocycles. The van der Waals surface area contributed by atoms with Gasteiger partial charge in [0, 0.05) is 13.1 Å². The van der Waals surface area contributed by atoms with Gasteiger partial charge in [0.2, 0.25) is 10.0 Å². The number of sulfonamides is 1. The van der Waals surface area contributed by atoms with Crippen LogP contribution in [-0.4, -0.2) is 60.6 Å². The number of hydrogen-bond donors (Lipinski definition) is 2. The Balaban J connectivity index is 1.55. The molecule has 2 atom stereocenters. The van der Waals surface area contributed by atoms with E-state index in [0.717, 1.165) is 26.9 Å². The number of nitrogens with one attached hydrogen (secondary N) is 1. The first-order chi connectivity index (χ1) is 19.5. The number of aliphatic hydroxyl groups excluding tert-OH is 1. The second kappa shape index (κ2) is 13.6. The van der Waals surface area contributed by atoms with Gasteiger partial charge < -0.3 is 15.2 Å². The van der Waals surface area contributed by atoms with Crippen LogP contribution in [0.1, 0.15) is 30.5 Å². The molecular formula is C31H37N3O5S2. The maximum Gasteiger partial charge on any atom is 0.258 e. The number of hydrogen-bond acceptors (Lipinski definition) is 7. The molecule has 2 N–H and O–H groups in total. The molecule has 0 spiro atoms. The number of aryl methyl sites for hydroxylation is 2. The molecule has 1 aromatic heterocycles. The van der Waals surface area contributed by atoms with E-state index >= 15 is 0 Å². The first-order valence-electron chi connectivity index (χ1n) is 13.6. The second-order valence-electron chi connectivity index (χ2n) is 10.6. The van der Waals surface area contributed by atoms with Crippen LogP contribution < -0.4 is 10.1 Å². The Morgan fingerprint density at radius 3 is 2.41 bits per heavy atom. The van der Waals surface area contributed by atoms with Crippen molar-refractivity contribution in [2.45, 2.75) is 51.2 Å². The van der Waals surface area contributed by atoms with Gasteiger partial charge in [-0.15, -0.1) is 11.3 Å². The molecule has 0 saturated carbocycles. The summed E-state index contributed by atoms with van der Waals surface area (Å²) in [7, 11) is -3.94. The van der Waals surface area contributed by atoms with E-state index in [9.17, 15) is 18.3 Å². The van der Waals surface area contributed by atoms with Crippen LogP contribution in [0.5, 0.6) is 5.75 Å². The van der Waals surface area contributed by atoms with Crippen molar-refractivity contribution >= 4 is 37.5 Å². The van der Waals surface area contributed by atoms with Gasteiger partial charge >= 0.3 is 0 Å². The molecule has 4 aromatic rings. The highest BCUT2D eigenvalue weighted by Crippen LogP contribution is 2.25. The van der Waals surface area contributed by atoms with E-state index in [2.05, 4.69) is 10.3 Å². The number of carbonyl (C=O) groups excluding carboxylic acids is 1. The molecule has 218 valence electrons. The van der Waals surface area contributed by atoms with Crippen LogP contribution in [0.25, 0.3) is 10.2 Å². The fraction of sp³-hybridized carbons (Fsp3) is 0.355. The standard InChI is InChI=1S/C31H37N3O5S2/c1-21(2)17-34(41(37,38)25-13-14-26-29(16-25)40-20-32-26)18-28(35)27(15-24-11-6-5-7-12-24)33-30(36)19-39-31-22(3)9-8-10-23(31)4/h5-14,16,20-21,27-28,35H,15,17-19H2,1-4H3,(H,33,36)/t27-,28+/m0/s1. The number of benzene rings is 3. The third-order valence-corrected chi connectivity index (χ3v) is 9.39. The van der Waals surface area contributed by atoms with Gasteiger partial charge in [-0.1, -0.05) is 62.4 Å². The fourth-order valence-electron chi connectivity index (χ4n) is 4.72. The van der Waals surface area contributed by atoms with Gasteiger partial charge in [0.05, 0.1) is 32.8 Å². The van der Waals surface area contributed by atoms with Crippen LogP contribution in [0.4, 0.5) is 0 Å². The minimum Gasteiger partial charge on any atom is -0.483 e. The number of amides is 1. The van der Waals surface area contributed by atoms with Crippen LogP contribution in [-0.2, 0) is 21.2 Å². The first kappa shape index (κ1) is 30.6. The number of rotatable bonds is 13. The molecule has 0 unspecified atom stereocenters. The third-order valence-electron chi connectivity index (χ3n) is 6.77. The Kier molecular flexibility index (Phi) is 10.1. The van der Waals surface area contributed by atoms with E-state index in [1.807, 2.05) is 76.2 Å². The molecule has 41 heavy (non-hydrogen) atoms. The van der Waals surface area contributed by atoms with E-state index in [4.69, 9.17) is 4.74 Å². The zero-order chi connectivity index (χ0) is 29.6. The highest BCUT2D eigenvalue weighted by molar-refractivity contribution is 7.89. The van der Waals surface area contributed by atoms with E-state index < -0.39 is 28.1 Å². The molecule has 0 aliphatic rings. The zero-order valence-electron chi connectivity index (χ0n) is 23.8. The van der Waals surface area contributed by atoms with Crippen molar-refractivity contribution in [3.05, 3.63) is 88.9 Å². The van der Waals surface area contributed by atoms with Crippen LogP contribution in [0.3, 0.4) is 0 Å². The van der Waals surface area contributed by atoms with Crippen molar-refractivity contribution in [1.82, 2.24) is 14.6 Å². The lowest BCUT2D eigenvalue weighted by molar-refractivity contribution is -0.124. The number of aliphatic hydroxyl groups is 1. The van der Waals surface area contributed by atoms with Gasteiger partial charge in [-0.25, -0.2) is 13.4 Å². The average molecular weight is 596 g/mol. The van der Waals surface area contributed by atoms with Crippen LogP contribution in [0.2, 0.25) is 0 Å². The Hall–Kier alpha value is -3.31. The molecule has 0 aliphatic heterocycles. The summed E-state index contributed by atoms with van der Waals surface area (Å²) in [6.07, 6.45) is -0.862. The number of para-hydroxylation sites is 1. The van der Waals surface area contributed by atoms with Crippen LogP contribution in [0, 0.1) is 19.8 Å². The third kappa shape index (κ3) is 7.91. The minimum absolute atomic E-state index is 0.0111. The molecule has 10 heteroatoms. The molecule has 8 nitrogen and oxygen atoms in total. The highest BCUT2D eigenvalue weighted by Gasteiger charge is 2.31. The molecule has 0 bridgehead atoms. The number of thiazole rings is 1. The van der Waals surface area contributed by atoms with Crippen LogP contribution >= 0.6 is 11.3 Å². The number of aromatic nitrogens is 1. The summed E-state index contributed by atoms with van der Waals surface area (Å²) in [6, 6.07) is 19.3. The summed E-state index contributed by atoms with van der Waals surface area (Å²) >= 11 is 1.37. The van der Waals surface area contributed by atoms with E-state index in [-0.39, 0.29) is 30.5 Å². The van der Waals surface area contributed by atoms with Gasteiger partial charge in [-0.05, 0) is 61.1 Å². The zero-order valence-corrected chi connectivity index (χ0v) is 25.4. The van der Waals surface area contributed by atoms with Crippen molar-refractivity contribution in [2.75, 3.05) is 19.7 Å². The Morgan fingerprint density at radius 1 is 1.02 bits per heavy atom. The maximum atomic E-state index is 13.8. The molecule has 0 fully saturated rings. The Labute approximate surface area is 246 Å². The summed E-state index contributed by atoms with van der Waals surface area (Å²) in [6.45, 7) is 7.48. The number of nitrogens with zero attached hydrogens (tertiary/aromatic N) is 2. The molecule has 1 heterocycles. The summed E-state index contributed by atoms with van der Waals surface area (Å²) in [5.41, 5.74) is 5.16. The van der Waals surface area contributed by atoms with Gasteiger partial charge in [-0.3, -0.25) is 4.79 Å². The minimum atomic E-state index is -3.94. The Bertz CT molecular complexity index is 1550. The molecule has 0 aliphatic carbocycles. The van der Waals surface area contributed by atoms with Gasteiger partial charge in [0.25, 0.3) is 5.91 Å². The van der Waals surface area contributed by atoms with Gasteiger partial charge in [0.1, 0.15) is 5.75 Å². The van der Waals surface area contributed by atoms with E-state index in [1.165, 1.54) is 15.6 Å². The molecule has 0 radical (unpaired) electrons. The number of fused-ring (bicyclic) bond motifs is 1. The smallest absolute Gasteiger partial charge is 0.258 e. The predicted molar refractivity (Wildman–Crippen MR) is 163 cm³/mol. The topological polar surface area (TPSA) is 109 Å². The lowest BCUT2D eigenvalue weighted by Gasteiger charge is -2.30. The quantitative estimate of drug-likeness (QED) is 0.231. The SMILES string of the molecule is Cc1cccc(C)c1OCC(=O)N[C@@H](Cc1ccccc1)[C@H](O)CN(CC(C)C)S(=O)(=O)c1ccc2ncsc2c1. The van der Waals surface area contributed by atoms with E-state index in [0.29, 0.717) is 12.2 Å². The first-order valence-corrected chi connectivity index (χ1v) is 15.9. The summed E-state index contributed by atoms with van der Waals surface area (Å²) < 4.78 is 35.5. The van der Waals surface area contributed by atoms with Crippen molar-refractivity contribution < 1.29 is 23.1 Å². The average Bonchev–Trinajstić information content (AvgIpc) is 3.40. The summed E-state index contributed by atoms with van der Waals surface area (Å²) in [4.78, 5) is 17.4. The highest BCUT2D eigenvalue weighted by atomic mass is 32.2. The predicted octanol–water partition coefficient (Wildman–Crippen LogP) is 4.73. The summed E-state index contributed by atoms with van der Waals surface area (Å²) in [5, 5.41) is 14.4. The number of ether oxygens (including phenoxy) is 1. The van der Waals surface area contributed by atoms with Crippen molar-refractivity contribution in [3.63, 3.8) is 0 Å². The van der Waals surface area contributed by atoms with Crippen LogP contribution in [0.15, 0.2) is 77.1 Å². The molecule has 1 amide bonds. The second-order valence-corrected chi connectivity index (χ2v) is 13.5. The van der Waals surface area contributed by atoms with Crippen molar-refractivity contribution in [2.24, 2.45) is 5.92 Å². The molecule has 3 aromatic carbocycles. The normalized spacial score (nSPS) is 13.4. The van der Waals surface area contributed by atoms with Crippen molar-refractivity contribution in [3.8, 4) is 5.75 Å². The monoisotopic (exact) mass is 595 g/mol. The molecule has 4 rings (SSSR count). The maximum absolute atomic E-state index is 13.8. The fourth-order valence-corrected chi connectivity index (χ4v) is 7.16. The van der Waals surface area contributed by atoms with Gasteiger partial charge in [0.15, 0.2) is 6.61 Å². The lowest BCUT2D eigenvalue weighted by Crippen LogP contribution is -2.52. The summed E-state index contributed by atoms with van der Waals surface area (Å²) in [5.74, 6) is 0.258. The number of carbonyl (C=O) groups is 1. The largest absolute Gasteiger partial charge is 0.483 e. The lowest BCUT2D eigenvalue weighted by atomic mass is 10.0.